The SMILES string of the molecule is Cc1c(O)cccc1C(=O)N(Cc1ccccc1)C(C)C. The van der Waals surface area contributed by atoms with Gasteiger partial charge in [-0.1, -0.05) is 36.4 Å². The van der Waals surface area contributed by atoms with Gasteiger partial charge in [-0.2, -0.15) is 0 Å². The summed E-state index contributed by atoms with van der Waals surface area (Å²) in [5, 5.41) is 9.79. The van der Waals surface area contributed by atoms with Crippen molar-refractivity contribution in [3.8, 4) is 5.75 Å². The van der Waals surface area contributed by atoms with Crippen molar-refractivity contribution in [3.63, 3.8) is 0 Å². The average molecular weight is 283 g/mol. The van der Waals surface area contributed by atoms with E-state index in [9.17, 15) is 9.90 Å². The zero-order valence-electron chi connectivity index (χ0n) is 12.7. The number of hydrogen-bond acceptors (Lipinski definition) is 2. The minimum absolute atomic E-state index is 0.0535. The molecule has 0 unspecified atom stereocenters. The van der Waals surface area contributed by atoms with E-state index in [1.54, 1.807) is 25.1 Å². The monoisotopic (exact) mass is 283 g/mol. The van der Waals surface area contributed by atoms with Crippen LogP contribution in [0.4, 0.5) is 0 Å². The van der Waals surface area contributed by atoms with Crippen molar-refractivity contribution in [2.24, 2.45) is 0 Å². The second-order valence-corrected chi connectivity index (χ2v) is 5.46. The molecule has 0 saturated carbocycles. The number of aromatic hydroxyl groups is 1. The molecule has 1 N–H and O–H groups in total. The molecule has 1 amide bonds. The first-order chi connectivity index (χ1) is 10.0. The fraction of sp³-hybridized carbons (Fsp3) is 0.278. The fourth-order valence-electron chi connectivity index (χ4n) is 2.28. The first-order valence-corrected chi connectivity index (χ1v) is 7.14. The van der Waals surface area contributed by atoms with Crippen molar-refractivity contribution in [2.75, 3.05) is 0 Å². The van der Waals surface area contributed by atoms with Gasteiger partial charge in [-0.3, -0.25) is 4.79 Å². The van der Waals surface area contributed by atoms with Crippen LogP contribution in [0, 0.1) is 6.92 Å². The van der Waals surface area contributed by atoms with Crippen LogP contribution in [0.5, 0.6) is 5.75 Å². The molecule has 0 aliphatic rings. The molecule has 0 fully saturated rings. The summed E-state index contributed by atoms with van der Waals surface area (Å²) in [6.45, 7) is 6.33. The van der Waals surface area contributed by atoms with Crippen molar-refractivity contribution in [1.29, 1.82) is 0 Å². The maximum absolute atomic E-state index is 12.8. The average Bonchev–Trinajstić information content (AvgIpc) is 2.48. The molecular weight excluding hydrogens is 262 g/mol. The Morgan fingerprint density at radius 3 is 2.38 bits per heavy atom. The molecule has 0 aliphatic heterocycles. The van der Waals surface area contributed by atoms with E-state index in [4.69, 9.17) is 0 Å². The molecule has 2 aromatic carbocycles. The van der Waals surface area contributed by atoms with Gasteiger partial charge in [0, 0.05) is 23.7 Å². The van der Waals surface area contributed by atoms with Gasteiger partial charge in [0.05, 0.1) is 0 Å². The lowest BCUT2D eigenvalue weighted by molar-refractivity contribution is 0.0689. The molecule has 2 rings (SSSR count). The van der Waals surface area contributed by atoms with E-state index in [0.29, 0.717) is 17.7 Å². The van der Waals surface area contributed by atoms with Gasteiger partial charge in [0.2, 0.25) is 0 Å². The smallest absolute Gasteiger partial charge is 0.254 e. The standard InChI is InChI=1S/C18H21NO2/c1-13(2)19(12-15-8-5-4-6-9-15)18(21)16-10-7-11-17(20)14(16)3/h4-11,13,20H,12H2,1-3H3. The summed E-state index contributed by atoms with van der Waals surface area (Å²) >= 11 is 0. The number of carbonyl (C=O) groups excluding carboxylic acids is 1. The third-order valence-electron chi connectivity index (χ3n) is 3.62. The summed E-state index contributed by atoms with van der Waals surface area (Å²) in [5.41, 5.74) is 2.28. The van der Waals surface area contributed by atoms with Crippen molar-refractivity contribution >= 4 is 5.91 Å². The summed E-state index contributed by atoms with van der Waals surface area (Å²) in [5.74, 6) is 0.103. The number of nitrogens with zero attached hydrogens (tertiary/aromatic N) is 1. The molecule has 110 valence electrons. The third kappa shape index (κ3) is 3.43. The molecule has 3 heteroatoms. The van der Waals surface area contributed by atoms with Gasteiger partial charge >= 0.3 is 0 Å². The van der Waals surface area contributed by atoms with Crippen molar-refractivity contribution < 1.29 is 9.90 Å². The number of carbonyl (C=O) groups is 1. The second-order valence-electron chi connectivity index (χ2n) is 5.46. The maximum Gasteiger partial charge on any atom is 0.254 e. The molecule has 0 aromatic heterocycles. The van der Waals surface area contributed by atoms with E-state index in [2.05, 4.69) is 0 Å². The summed E-state index contributed by atoms with van der Waals surface area (Å²) in [7, 11) is 0. The van der Waals surface area contributed by atoms with Crippen LogP contribution in [0.15, 0.2) is 48.5 Å². The van der Waals surface area contributed by atoms with Crippen molar-refractivity contribution in [3.05, 3.63) is 65.2 Å². The molecule has 0 bridgehead atoms. The molecule has 0 heterocycles. The highest BCUT2D eigenvalue weighted by atomic mass is 16.3. The first kappa shape index (κ1) is 15.1. The molecular formula is C18H21NO2. The van der Waals surface area contributed by atoms with Gasteiger partial charge in [0.25, 0.3) is 5.91 Å². The van der Waals surface area contributed by atoms with Gasteiger partial charge in [-0.25, -0.2) is 0 Å². The lowest BCUT2D eigenvalue weighted by Gasteiger charge is -2.27. The Bertz CT molecular complexity index is 620. The summed E-state index contributed by atoms with van der Waals surface area (Å²) in [6, 6.07) is 15.1. The van der Waals surface area contributed by atoms with Gasteiger partial charge in [0.15, 0.2) is 0 Å². The lowest BCUT2D eigenvalue weighted by atomic mass is 10.1. The Morgan fingerprint density at radius 1 is 1.10 bits per heavy atom. The Labute approximate surface area is 125 Å². The molecule has 3 nitrogen and oxygen atoms in total. The number of phenolic OH excluding ortho intramolecular Hbond substituents is 1. The predicted octanol–water partition coefficient (Wildman–Crippen LogP) is 3.75. The van der Waals surface area contributed by atoms with E-state index in [1.165, 1.54) is 0 Å². The van der Waals surface area contributed by atoms with E-state index < -0.39 is 0 Å². The zero-order chi connectivity index (χ0) is 15.4. The Kier molecular flexibility index (Phi) is 4.63. The molecule has 2 aromatic rings. The van der Waals surface area contributed by atoms with Crippen LogP contribution in [0.1, 0.15) is 35.3 Å². The third-order valence-corrected chi connectivity index (χ3v) is 3.62. The van der Waals surface area contributed by atoms with Crippen LogP contribution in [0.25, 0.3) is 0 Å². The Balaban J connectivity index is 2.30. The minimum Gasteiger partial charge on any atom is -0.508 e. The Hall–Kier alpha value is -2.29. The number of hydrogen-bond donors (Lipinski definition) is 1. The van der Waals surface area contributed by atoms with Crippen molar-refractivity contribution in [1.82, 2.24) is 4.90 Å². The molecule has 0 saturated heterocycles. The topological polar surface area (TPSA) is 40.5 Å². The first-order valence-electron chi connectivity index (χ1n) is 7.14. The molecule has 0 spiro atoms. The predicted molar refractivity (Wildman–Crippen MR) is 84.3 cm³/mol. The molecule has 0 radical (unpaired) electrons. The van der Waals surface area contributed by atoms with E-state index in [0.717, 1.165) is 5.56 Å². The highest BCUT2D eigenvalue weighted by molar-refractivity contribution is 5.96. The van der Waals surface area contributed by atoms with Crippen LogP contribution in [0.3, 0.4) is 0 Å². The highest BCUT2D eigenvalue weighted by Crippen LogP contribution is 2.22. The van der Waals surface area contributed by atoms with Gasteiger partial charge in [0.1, 0.15) is 5.75 Å². The van der Waals surface area contributed by atoms with Gasteiger partial charge in [-0.15, -0.1) is 0 Å². The number of rotatable bonds is 4. The van der Waals surface area contributed by atoms with Crippen LogP contribution < -0.4 is 0 Å². The molecule has 0 aliphatic carbocycles. The van der Waals surface area contributed by atoms with Crippen LogP contribution >= 0.6 is 0 Å². The van der Waals surface area contributed by atoms with E-state index in [-0.39, 0.29) is 17.7 Å². The largest absolute Gasteiger partial charge is 0.508 e. The van der Waals surface area contributed by atoms with Crippen LogP contribution in [0.2, 0.25) is 0 Å². The highest BCUT2D eigenvalue weighted by Gasteiger charge is 2.21. The van der Waals surface area contributed by atoms with Gasteiger partial charge in [-0.05, 0) is 38.5 Å². The summed E-state index contributed by atoms with van der Waals surface area (Å²) in [4.78, 5) is 14.6. The maximum atomic E-state index is 12.8. The van der Waals surface area contributed by atoms with Crippen LogP contribution in [-0.2, 0) is 6.54 Å². The minimum atomic E-state index is -0.0535. The van der Waals surface area contributed by atoms with Crippen LogP contribution in [-0.4, -0.2) is 22.0 Å². The zero-order valence-corrected chi connectivity index (χ0v) is 12.7. The summed E-state index contributed by atoms with van der Waals surface area (Å²) in [6.07, 6.45) is 0. The van der Waals surface area contributed by atoms with E-state index in [1.807, 2.05) is 49.1 Å². The summed E-state index contributed by atoms with van der Waals surface area (Å²) < 4.78 is 0. The fourth-order valence-corrected chi connectivity index (χ4v) is 2.28. The molecule has 0 atom stereocenters. The second kappa shape index (κ2) is 6.44. The Morgan fingerprint density at radius 2 is 1.76 bits per heavy atom. The number of benzene rings is 2. The van der Waals surface area contributed by atoms with Gasteiger partial charge < -0.3 is 10.0 Å². The normalized spacial score (nSPS) is 10.7. The van der Waals surface area contributed by atoms with Crippen molar-refractivity contribution in [2.45, 2.75) is 33.4 Å². The lowest BCUT2D eigenvalue weighted by Crippen LogP contribution is -2.36. The molecule has 21 heavy (non-hydrogen) atoms. The number of amides is 1. The van der Waals surface area contributed by atoms with E-state index >= 15 is 0 Å². The number of phenols is 1. The quantitative estimate of drug-likeness (QED) is 0.928.